The van der Waals surface area contributed by atoms with Crippen molar-refractivity contribution in [3.8, 4) is 5.75 Å². The Morgan fingerprint density at radius 3 is 2.47 bits per heavy atom. The van der Waals surface area contributed by atoms with Gasteiger partial charge in [0.2, 0.25) is 0 Å². The number of hydrogen-bond acceptors (Lipinski definition) is 1. The molecule has 0 saturated carbocycles. The van der Waals surface area contributed by atoms with Gasteiger partial charge in [-0.3, -0.25) is 0 Å². The topological polar surface area (TPSA) is 9.23 Å². The van der Waals surface area contributed by atoms with E-state index in [2.05, 4.69) is 15.9 Å². The van der Waals surface area contributed by atoms with Crippen LogP contribution in [0.15, 0.2) is 40.9 Å². The second kappa shape index (κ2) is 6.17. The van der Waals surface area contributed by atoms with E-state index >= 15 is 0 Å². The second-order valence-corrected chi connectivity index (χ2v) is 5.96. The van der Waals surface area contributed by atoms with E-state index in [9.17, 15) is 0 Å². The van der Waals surface area contributed by atoms with Gasteiger partial charge in [-0.15, -0.1) is 11.6 Å². The maximum atomic E-state index is 6.61. The maximum absolute atomic E-state index is 6.61. The first-order chi connectivity index (χ1) is 9.04. The molecule has 0 amide bonds. The van der Waals surface area contributed by atoms with Crippen molar-refractivity contribution in [1.29, 1.82) is 0 Å². The van der Waals surface area contributed by atoms with Crippen molar-refractivity contribution in [3.05, 3.63) is 62.6 Å². The fourth-order valence-electron chi connectivity index (χ4n) is 2.02. The van der Waals surface area contributed by atoms with Gasteiger partial charge in [0.15, 0.2) is 0 Å². The summed E-state index contributed by atoms with van der Waals surface area (Å²) in [6, 6.07) is 11.7. The highest BCUT2D eigenvalue weighted by Gasteiger charge is 2.20. The van der Waals surface area contributed by atoms with E-state index in [1.54, 1.807) is 13.2 Å². The number of methoxy groups -OCH3 is 1. The number of alkyl halides is 1. The summed E-state index contributed by atoms with van der Waals surface area (Å²) in [6.45, 7) is 2.04. The molecule has 0 saturated heterocycles. The van der Waals surface area contributed by atoms with Crippen molar-refractivity contribution in [3.63, 3.8) is 0 Å². The van der Waals surface area contributed by atoms with Crippen LogP contribution in [-0.4, -0.2) is 7.11 Å². The Morgan fingerprint density at radius 2 is 1.84 bits per heavy atom. The third-order valence-corrected chi connectivity index (χ3v) is 4.25. The average molecular weight is 360 g/mol. The van der Waals surface area contributed by atoms with Gasteiger partial charge in [0.1, 0.15) is 5.75 Å². The molecule has 0 bridgehead atoms. The predicted molar refractivity (Wildman–Crippen MR) is 84.6 cm³/mol. The van der Waals surface area contributed by atoms with E-state index in [0.717, 1.165) is 21.2 Å². The Bertz CT molecular complexity index is 599. The molecule has 1 nitrogen and oxygen atoms in total. The third-order valence-electron chi connectivity index (χ3n) is 2.98. The highest BCUT2D eigenvalue weighted by molar-refractivity contribution is 9.10. The summed E-state index contributed by atoms with van der Waals surface area (Å²) < 4.78 is 6.23. The van der Waals surface area contributed by atoms with Crippen LogP contribution >= 0.6 is 39.1 Å². The van der Waals surface area contributed by atoms with Crippen molar-refractivity contribution >= 4 is 39.1 Å². The molecule has 0 aromatic heterocycles. The first-order valence-corrected chi connectivity index (χ1v) is 7.38. The van der Waals surface area contributed by atoms with Gasteiger partial charge in [-0.25, -0.2) is 0 Å². The molecule has 19 heavy (non-hydrogen) atoms. The largest absolute Gasteiger partial charge is 0.495 e. The van der Waals surface area contributed by atoms with E-state index in [1.807, 2.05) is 37.3 Å². The lowest BCUT2D eigenvalue weighted by Crippen LogP contribution is -2.00. The zero-order valence-electron chi connectivity index (χ0n) is 10.6. The number of hydrogen-bond donors (Lipinski definition) is 0. The van der Waals surface area contributed by atoms with Gasteiger partial charge in [0.25, 0.3) is 0 Å². The molecule has 1 atom stereocenters. The molecular formula is C15H13BrCl2O. The Labute approximate surface area is 131 Å². The highest BCUT2D eigenvalue weighted by Crippen LogP contribution is 2.41. The minimum atomic E-state index is -0.300. The summed E-state index contributed by atoms with van der Waals surface area (Å²) >= 11 is 16.2. The van der Waals surface area contributed by atoms with Crippen molar-refractivity contribution < 1.29 is 4.74 Å². The van der Waals surface area contributed by atoms with Gasteiger partial charge in [-0.05, 0) is 46.1 Å². The molecule has 1 unspecified atom stereocenters. The van der Waals surface area contributed by atoms with Crippen molar-refractivity contribution in [2.45, 2.75) is 12.3 Å². The lowest BCUT2D eigenvalue weighted by molar-refractivity contribution is 0.407. The lowest BCUT2D eigenvalue weighted by Gasteiger charge is -2.17. The minimum Gasteiger partial charge on any atom is -0.495 e. The molecule has 0 aliphatic carbocycles. The fourth-order valence-corrected chi connectivity index (χ4v) is 3.43. The van der Waals surface area contributed by atoms with Crippen molar-refractivity contribution in [2.75, 3.05) is 7.11 Å². The van der Waals surface area contributed by atoms with Crippen LogP contribution < -0.4 is 4.74 Å². The molecule has 2 aromatic rings. The molecule has 100 valence electrons. The fraction of sp³-hybridized carbons (Fsp3) is 0.200. The quantitative estimate of drug-likeness (QED) is 0.634. The van der Waals surface area contributed by atoms with Crippen LogP contribution in [0.2, 0.25) is 5.02 Å². The van der Waals surface area contributed by atoms with Crippen LogP contribution in [0.5, 0.6) is 5.75 Å². The van der Waals surface area contributed by atoms with Crippen LogP contribution in [0, 0.1) is 6.92 Å². The molecule has 0 heterocycles. The molecular weight excluding hydrogens is 347 g/mol. The summed E-state index contributed by atoms with van der Waals surface area (Å²) in [5.74, 6) is 0.715. The molecule has 0 radical (unpaired) electrons. The van der Waals surface area contributed by atoms with E-state index in [-0.39, 0.29) is 5.38 Å². The zero-order chi connectivity index (χ0) is 14.0. The van der Waals surface area contributed by atoms with Gasteiger partial charge < -0.3 is 4.74 Å². The zero-order valence-corrected chi connectivity index (χ0v) is 13.7. The molecule has 0 N–H and O–H groups in total. The molecule has 0 aliphatic heterocycles. The van der Waals surface area contributed by atoms with E-state index < -0.39 is 0 Å². The normalized spacial score (nSPS) is 12.3. The Kier molecular flexibility index (Phi) is 4.77. The van der Waals surface area contributed by atoms with Crippen molar-refractivity contribution in [1.82, 2.24) is 0 Å². The number of benzene rings is 2. The SMILES string of the molecule is COc1c(Br)cc(Cl)cc1C(Cl)c1ccccc1C. The van der Waals surface area contributed by atoms with E-state index in [4.69, 9.17) is 27.9 Å². The van der Waals surface area contributed by atoms with E-state index in [1.165, 1.54) is 0 Å². The Hall–Kier alpha value is -0.700. The van der Waals surface area contributed by atoms with Gasteiger partial charge in [0, 0.05) is 10.6 Å². The molecule has 2 rings (SSSR count). The van der Waals surface area contributed by atoms with Gasteiger partial charge in [-0.1, -0.05) is 35.9 Å². The number of ether oxygens (including phenoxy) is 1. The summed E-state index contributed by atoms with van der Waals surface area (Å²) in [6.07, 6.45) is 0. The summed E-state index contributed by atoms with van der Waals surface area (Å²) in [4.78, 5) is 0. The second-order valence-electron chi connectivity index (χ2n) is 4.23. The van der Waals surface area contributed by atoms with Crippen molar-refractivity contribution in [2.24, 2.45) is 0 Å². The smallest absolute Gasteiger partial charge is 0.138 e. The monoisotopic (exact) mass is 358 g/mol. The first kappa shape index (κ1) is 14.7. The Morgan fingerprint density at radius 1 is 1.16 bits per heavy atom. The molecule has 2 aromatic carbocycles. The first-order valence-electron chi connectivity index (χ1n) is 5.77. The third kappa shape index (κ3) is 3.07. The van der Waals surface area contributed by atoms with Crippen LogP contribution in [0.4, 0.5) is 0 Å². The number of halogens is 3. The van der Waals surface area contributed by atoms with Crippen LogP contribution in [0.3, 0.4) is 0 Å². The summed E-state index contributed by atoms with van der Waals surface area (Å²) in [5, 5.41) is 0.327. The van der Waals surface area contributed by atoms with Gasteiger partial charge in [-0.2, -0.15) is 0 Å². The summed E-state index contributed by atoms with van der Waals surface area (Å²) in [7, 11) is 1.62. The molecule has 0 spiro atoms. The lowest BCUT2D eigenvalue weighted by atomic mass is 9.99. The molecule has 0 aliphatic rings. The highest BCUT2D eigenvalue weighted by atomic mass is 79.9. The van der Waals surface area contributed by atoms with Crippen LogP contribution in [0.1, 0.15) is 22.1 Å². The summed E-state index contributed by atoms with van der Waals surface area (Å²) in [5.41, 5.74) is 3.05. The van der Waals surface area contributed by atoms with Crippen LogP contribution in [-0.2, 0) is 0 Å². The minimum absolute atomic E-state index is 0.300. The van der Waals surface area contributed by atoms with Gasteiger partial charge >= 0.3 is 0 Å². The van der Waals surface area contributed by atoms with Gasteiger partial charge in [0.05, 0.1) is 17.0 Å². The molecule has 4 heteroatoms. The molecule has 0 fully saturated rings. The van der Waals surface area contributed by atoms with Crippen LogP contribution in [0.25, 0.3) is 0 Å². The average Bonchev–Trinajstić information content (AvgIpc) is 2.37. The number of aryl methyl sites for hydroxylation is 1. The van der Waals surface area contributed by atoms with E-state index in [0.29, 0.717) is 10.8 Å². The Balaban J connectivity index is 2.55. The standard InChI is InChI=1S/C15H13BrCl2O/c1-9-5-3-4-6-11(9)14(18)12-7-10(17)8-13(16)15(12)19-2/h3-8,14H,1-2H3. The predicted octanol–water partition coefficient (Wildman–Crippen LogP) is 5.75. The number of rotatable bonds is 3. The maximum Gasteiger partial charge on any atom is 0.138 e.